The number of carbonyl (C=O) groups is 2. The molecule has 2 N–H and O–H groups in total. The SMILES string of the molecule is Cc1cc(-c2ccc(C(=O)OOC(C)(C)C)c(NC(=O)c3ccccc3)c2)cc(C)c1O. The summed E-state index contributed by atoms with van der Waals surface area (Å²) in [6.07, 6.45) is 0. The highest BCUT2D eigenvalue weighted by Gasteiger charge is 2.21. The van der Waals surface area contributed by atoms with Crippen molar-refractivity contribution in [1.82, 2.24) is 0 Å². The highest BCUT2D eigenvalue weighted by atomic mass is 17.2. The lowest BCUT2D eigenvalue weighted by Crippen LogP contribution is -2.23. The van der Waals surface area contributed by atoms with E-state index in [1.807, 2.05) is 32.0 Å². The maximum absolute atomic E-state index is 12.8. The molecule has 0 spiro atoms. The molecule has 3 aromatic carbocycles. The fourth-order valence-electron chi connectivity index (χ4n) is 3.12. The third-order valence-electron chi connectivity index (χ3n) is 4.72. The number of phenols is 1. The third-order valence-corrected chi connectivity index (χ3v) is 4.72. The van der Waals surface area contributed by atoms with Crippen LogP contribution in [0.4, 0.5) is 5.69 Å². The lowest BCUT2D eigenvalue weighted by Gasteiger charge is -2.18. The monoisotopic (exact) mass is 433 g/mol. The summed E-state index contributed by atoms with van der Waals surface area (Å²) in [5.74, 6) is -0.828. The van der Waals surface area contributed by atoms with Gasteiger partial charge in [-0.15, -0.1) is 0 Å². The number of nitrogens with one attached hydrogen (secondary N) is 1. The van der Waals surface area contributed by atoms with Crippen LogP contribution < -0.4 is 5.32 Å². The Balaban J connectivity index is 2.01. The zero-order valence-electron chi connectivity index (χ0n) is 18.9. The Labute approximate surface area is 187 Å². The molecule has 0 aliphatic heterocycles. The van der Waals surface area contributed by atoms with Gasteiger partial charge in [0.25, 0.3) is 5.91 Å². The van der Waals surface area contributed by atoms with Crippen LogP contribution in [0.3, 0.4) is 0 Å². The van der Waals surface area contributed by atoms with Crippen LogP contribution in [-0.2, 0) is 9.78 Å². The second-order valence-corrected chi connectivity index (χ2v) is 8.61. The average molecular weight is 434 g/mol. The summed E-state index contributed by atoms with van der Waals surface area (Å²) in [5, 5.41) is 12.9. The summed E-state index contributed by atoms with van der Waals surface area (Å²) in [7, 11) is 0. The van der Waals surface area contributed by atoms with Gasteiger partial charge in [0.05, 0.1) is 11.3 Å². The molecular formula is C26H27NO5. The van der Waals surface area contributed by atoms with Gasteiger partial charge < -0.3 is 10.4 Å². The van der Waals surface area contributed by atoms with E-state index in [4.69, 9.17) is 9.78 Å². The minimum Gasteiger partial charge on any atom is -0.507 e. The number of rotatable bonds is 5. The van der Waals surface area contributed by atoms with Crippen molar-refractivity contribution < 1.29 is 24.5 Å². The minimum absolute atomic E-state index is 0.162. The Hall–Kier alpha value is -3.64. The second kappa shape index (κ2) is 9.24. The van der Waals surface area contributed by atoms with Crippen LogP contribution in [0, 0.1) is 13.8 Å². The predicted molar refractivity (Wildman–Crippen MR) is 124 cm³/mol. The van der Waals surface area contributed by atoms with Crippen molar-refractivity contribution in [2.24, 2.45) is 0 Å². The molecule has 32 heavy (non-hydrogen) atoms. The molecule has 3 aromatic rings. The molecule has 6 nitrogen and oxygen atoms in total. The number of phenolic OH excluding ortho intramolecular Hbond substituents is 1. The topological polar surface area (TPSA) is 84.9 Å². The van der Waals surface area contributed by atoms with Gasteiger partial charge in [-0.2, -0.15) is 4.89 Å². The number of hydrogen-bond acceptors (Lipinski definition) is 5. The third kappa shape index (κ3) is 5.53. The van der Waals surface area contributed by atoms with E-state index >= 15 is 0 Å². The molecule has 6 heteroatoms. The van der Waals surface area contributed by atoms with Gasteiger partial charge in [-0.3, -0.25) is 9.68 Å². The average Bonchev–Trinajstić information content (AvgIpc) is 2.75. The number of aromatic hydroxyl groups is 1. The lowest BCUT2D eigenvalue weighted by atomic mass is 9.98. The van der Waals surface area contributed by atoms with Gasteiger partial charge in [-0.05, 0) is 93.3 Å². The number of carbonyl (C=O) groups excluding carboxylic acids is 2. The first-order valence-electron chi connectivity index (χ1n) is 10.3. The summed E-state index contributed by atoms with van der Waals surface area (Å²) in [6.45, 7) is 8.92. The van der Waals surface area contributed by atoms with Crippen LogP contribution in [-0.4, -0.2) is 22.6 Å². The summed E-state index contributed by atoms with van der Waals surface area (Å²) >= 11 is 0. The molecule has 0 aliphatic carbocycles. The number of hydrogen-bond donors (Lipinski definition) is 2. The van der Waals surface area contributed by atoms with Crippen molar-refractivity contribution in [3.05, 3.63) is 82.9 Å². The van der Waals surface area contributed by atoms with E-state index in [2.05, 4.69) is 5.32 Å². The van der Waals surface area contributed by atoms with Gasteiger partial charge in [0.1, 0.15) is 11.4 Å². The predicted octanol–water partition coefficient (Wildman–Crippen LogP) is 5.82. The van der Waals surface area contributed by atoms with Crippen molar-refractivity contribution in [1.29, 1.82) is 0 Å². The van der Waals surface area contributed by atoms with E-state index in [1.54, 1.807) is 63.2 Å². The van der Waals surface area contributed by atoms with Gasteiger partial charge in [0, 0.05) is 5.56 Å². The minimum atomic E-state index is -0.715. The van der Waals surface area contributed by atoms with Gasteiger partial charge in [-0.25, -0.2) is 4.79 Å². The zero-order chi connectivity index (χ0) is 23.5. The van der Waals surface area contributed by atoms with E-state index in [0.717, 1.165) is 22.3 Å². The van der Waals surface area contributed by atoms with Crippen molar-refractivity contribution >= 4 is 17.6 Å². The Kier molecular flexibility index (Phi) is 6.65. The molecule has 0 heterocycles. The molecule has 3 rings (SSSR count). The molecule has 0 radical (unpaired) electrons. The maximum atomic E-state index is 12.8. The Morgan fingerprint density at radius 1 is 0.875 bits per heavy atom. The van der Waals surface area contributed by atoms with Gasteiger partial charge >= 0.3 is 5.97 Å². The smallest absolute Gasteiger partial charge is 0.375 e. The molecule has 166 valence electrons. The van der Waals surface area contributed by atoms with E-state index in [0.29, 0.717) is 11.3 Å². The first kappa shape index (κ1) is 23.0. The van der Waals surface area contributed by atoms with E-state index in [9.17, 15) is 14.7 Å². The number of aryl methyl sites for hydroxylation is 2. The molecule has 0 fully saturated rings. The molecule has 0 aliphatic rings. The molecular weight excluding hydrogens is 406 g/mol. The fourth-order valence-corrected chi connectivity index (χ4v) is 3.12. The van der Waals surface area contributed by atoms with Crippen molar-refractivity contribution in [3.63, 3.8) is 0 Å². The van der Waals surface area contributed by atoms with Gasteiger partial charge in [-0.1, -0.05) is 24.3 Å². The summed E-state index contributed by atoms with van der Waals surface area (Å²) in [4.78, 5) is 35.6. The van der Waals surface area contributed by atoms with Crippen LogP contribution in [0.5, 0.6) is 5.75 Å². The largest absolute Gasteiger partial charge is 0.507 e. The summed E-state index contributed by atoms with van der Waals surface area (Å²) < 4.78 is 0. The van der Waals surface area contributed by atoms with Crippen LogP contribution in [0.1, 0.15) is 52.6 Å². The first-order valence-corrected chi connectivity index (χ1v) is 10.3. The maximum Gasteiger partial charge on any atom is 0.375 e. The van der Waals surface area contributed by atoms with Crippen molar-refractivity contribution in [2.75, 3.05) is 5.32 Å². The summed E-state index contributed by atoms with van der Waals surface area (Å²) in [6, 6.07) is 17.5. The highest BCUT2D eigenvalue weighted by molar-refractivity contribution is 6.08. The molecule has 0 saturated heterocycles. The molecule has 0 aromatic heterocycles. The Morgan fingerprint density at radius 3 is 2.09 bits per heavy atom. The van der Waals surface area contributed by atoms with E-state index in [-0.39, 0.29) is 17.2 Å². The molecule has 1 amide bonds. The van der Waals surface area contributed by atoms with Crippen molar-refractivity contribution in [3.8, 4) is 16.9 Å². The standard InChI is InChI=1S/C26H27NO5/c1-16-13-20(14-17(2)23(16)28)19-11-12-21(25(30)31-32-26(3,4)5)22(15-19)27-24(29)18-9-7-6-8-10-18/h6-15,28H,1-5H3,(H,27,29). The molecule has 0 bridgehead atoms. The number of amides is 1. The van der Waals surface area contributed by atoms with Gasteiger partial charge in [0.2, 0.25) is 0 Å². The van der Waals surface area contributed by atoms with Crippen LogP contribution >= 0.6 is 0 Å². The van der Waals surface area contributed by atoms with Crippen molar-refractivity contribution in [2.45, 2.75) is 40.2 Å². The van der Waals surface area contributed by atoms with Crippen LogP contribution in [0.25, 0.3) is 11.1 Å². The van der Waals surface area contributed by atoms with Crippen LogP contribution in [0.15, 0.2) is 60.7 Å². The quantitative estimate of drug-likeness (QED) is 0.391. The highest BCUT2D eigenvalue weighted by Crippen LogP contribution is 2.32. The second-order valence-electron chi connectivity index (χ2n) is 8.61. The lowest BCUT2D eigenvalue weighted by molar-refractivity contribution is -0.301. The molecule has 0 unspecified atom stereocenters. The number of anilines is 1. The Bertz CT molecular complexity index is 1120. The summed E-state index contributed by atoms with van der Waals surface area (Å²) in [5.41, 5.74) is 3.32. The van der Waals surface area contributed by atoms with E-state index in [1.165, 1.54) is 0 Å². The normalized spacial score (nSPS) is 11.2. The number of benzene rings is 3. The fraction of sp³-hybridized carbons (Fsp3) is 0.231. The Morgan fingerprint density at radius 2 is 1.50 bits per heavy atom. The van der Waals surface area contributed by atoms with Crippen LogP contribution in [0.2, 0.25) is 0 Å². The first-order chi connectivity index (χ1) is 15.0. The van der Waals surface area contributed by atoms with E-state index < -0.39 is 11.6 Å². The zero-order valence-corrected chi connectivity index (χ0v) is 18.9. The van der Waals surface area contributed by atoms with Gasteiger partial charge in [0.15, 0.2) is 0 Å². The molecule has 0 atom stereocenters. The molecule has 0 saturated carbocycles.